The van der Waals surface area contributed by atoms with Gasteiger partial charge in [-0.05, 0) is 27.0 Å². The van der Waals surface area contributed by atoms with Gasteiger partial charge in [0.25, 0.3) is 11.7 Å². The maximum absolute atomic E-state index is 14.4. The molecule has 322 valence electrons. The number of anilines is 1. The number of carbonyl (C=O) groups excluding carboxylic acids is 3. The van der Waals surface area contributed by atoms with Gasteiger partial charge in [-0.2, -0.15) is 5.10 Å². The van der Waals surface area contributed by atoms with Gasteiger partial charge in [0.15, 0.2) is 5.75 Å². The number of fused-ring (bicyclic) bond motifs is 14. The number of piperazine rings is 1. The van der Waals surface area contributed by atoms with Crippen LogP contribution in [0.15, 0.2) is 41.2 Å². The van der Waals surface area contributed by atoms with Crippen LogP contribution in [0.4, 0.5) is 5.69 Å². The minimum absolute atomic E-state index is 0.0559. The third-order valence-electron chi connectivity index (χ3n) is 11.9. The quantitative estimate of drug-likeness (QED) is 0.109. The minimum Gasteiger partial charge on any atom is -0.507 e. The summed E-state index contributed by atoms with van der Waals surface area (Å²) in [4.78, 5) is 42.6. The summed E-state index contributed by atoms with van der Waals surface area (Å²) < 4.78 is 23.6. The molecular formula is C43H58N4O12. The standard InChI is InChI=1S/C43H58N4O12/c1-21-12-11-13-22(2)42(55)45-33-28(20-44-47-17-15-46(9)16-18-47)37(52)30-31(38(33)53)36(51)26(6)40-32(30)41(54)43(8,59-40)57-19-14-29(56-10)23(3)39(58-27(7)48)25(5)35(50)24(4)34(21)49/h11-14,19-21,23-25,29,34-35,39,49-53H,15-18H2,1-10H3,(H,45,55)/b12-11-,19-14-,22-13-,44-20-/t21-,23+,24-,25-,29+,34-,35-,39+,43+/m0/s1. The van der Waals surface area contributed by atoms with Crippen molar-refractivity contribution in [1.29, 1.82) is 0 Å². The Labute approximate surface area is 344 Å². The smallest absolute Gasteiger partial charge is 0.312 e. The van der Waals surface area contributed by atoms with Gasteiger partial charge in [-0.25, -0.2) is 0 Å². The van der Waals surface area contributed by atoms with Gasteiger partial charge < -0.3 is 54.7 Å². The summed E-state index contributed by atoms with van der Waals surface area (Å²) in [6, 6.07) is 0. The first-order valence-corrected chi connectivity index (χ1v) is 19.8. The number of phenols is 3. The highest BCUT2D eigenvalue weighted by molar-refractivity contribution is 6.23. The number of carbonyl (C=O) groups is 3. The number of nitrogens with zero attached hydrogens (tertiary/aromatic N) is 3. The third kappa shape index (κ3) is 8.91. The Morgan fingerprint density at radius 2 is 1.61 bits per heavy atom. The first-order chi connectivity index (χ1) is 27.7. The predicted molar refractivity (Wildman–Crippen MR) is 220 cm³/mol. The summed E-state index contributed by atoms with van der Waals surface area (Å²) in [5.41, 5.74) is -0.350. The van der Waals surface area contributed by atoms with Crippen LogP contribution in [0.25, 0.3) is 10.8 Å². The van der Waals surface area contributed by atoms with Gasteiger partial charge in [-0.1, -0.05) is 45.9 Å². The molecule has 0 spiro atoms. The minimum atomic E-state index is -2.04. The van der Waals surface area contributed by atoms with Gasteiger partial charge in [0.05, 0.1) is 53.0 Å². The first-order valence-electron chi connectivity index (χ1n) is 19.8. The number of hydrogen-bond acceptors (Lipinski definition) is 15. The van der Waals surface area contributed by atoms with E-state index in [1.54, 1.807) is 44.9 Å². The van der Waals surface area contributed by atoms with E-state index in [4.69, 9.17) is 18.9 Å². The number of likely N-dealkylation sites (N-methyl/N-ethyl adjacent to an activating group) is 1. The molecule has 16 nitrogen and oxygen atoms in total. The summed E-state index contributed by atoms with van der Waals surface area (Å²) in [5, 5.41) is 66.8. The topological polar surface area (TPSA) is 220 Å². The van der Waals surface area contributed by atoms with Gasteiger partial charge in [0, 0.05) is 87.3 Å². The summed E-state index contributed by atoms with van der Waals surface area (Å²) in [7, 11) is 3.42. The molecule has 0 aromatic heterocycles. The number of hydrazone groups is 1. The summed E-state index contributed by atoms with van der Waals surface area (Å²) in [6.07, 6.45) is 4.86. The molecule has 59 heavy (non-hydrogen) atoms. The number of ketones is 1. The molecule has 9 atom stereocenters. The van der Waals surface area contributed by atoms with E-state index in [0.717, 1.165) is 13.1 Å². The molecule has 0 unspecified atom stereocenters. The predicted octanol–water partition coefficient (Wildman–Crippen LogP) is 4.34. The molecule has 2 aromatic rings. The fourth-order valence-electron chi connectivity index (χ4n) is 7.92. The van der Waals surface area contributed by atoms with Crippen LogP contribution in [0, 0.1) is 30.6 Å². The number of hydrogen-bond donors (Lipinski definition) is 6. The molecule has 4 aliphatic rings. The van der Waals surface area contributed by atoms with Crippen molar-refractivity contribution in [3.05, 3.63) is 52.8 Å². The Balaban J connectivity index is 1.70. The highest BCUT2D eigenvalue weighted by atomic mass is 16.7. The number of rotatable bonds is 4. The molecule has 16 heteroatoms. The molecule has 4 aliphatic heterocycles. The number of phenolic OH excluding ortho intramolecular Hbond substituents is 3. The SMILES string of the molecule is CO[C@@H]1/C=C\O[C@]2(C)Oc3c(C)c(O)c4c(O)c(c(/C=N\N5CCN(C)CC5)c(O)c4c3C2=O)NC(=O)/C(C)=C\C=C/[C@H](C)[C@H](O)[C@H](C)[C@H](O)[C@H](C)[C@H](OC(C)=O)[C@@H]1C. The number of esters is 1. The van der Waals surface area contributed by atoms with Crippen LogP contribution in [0.2, 0.25) is 0 Å². The van der Waals surface area contributed by atoms with E-state index in [2.05, 4.69) is 15.3 Å². The third-order valence-corrected chi connectivity index (χ3v) is 11.9. The molecule has 1 amide bonds. The van der Waals surface area contributed by atoms with Gasteiger partial charge >= 0.3 is 11.8 Å². The molecule has 1 saturated heterocycles. The van der Waals surface area contributed by atoms with Crippen molar-refractivity contribution in [2.45, 2.75) is 85.6 Å². The van der Waals surface area contributed by atoms with Crippen LogP contribution in [-0.2, 0) is 23.8 Å². The van der Waals surface area contributed by atoms with Crippen LogP contribution in [0.5, 0.6) is 23.0 Å². The van der Waals surface area contributed by atoms with Crippen molar-refractivity contribution in [2.75, 3.05) is 45.7 Å². The number of aliphatic hydroxyl groups excluding tert-OH is 2. The number of aliphatic hydroxyl groups is 2. The zero-order valence-electron chi connectivity index (χ0n) is 35.3. The number of amides is 1. The Hall–Kier alpha value is -5.16. The van der Waals surface area contributed by atoms with Crippen molar-refractivity contribution < 1.29 is 58.9 Å². The highest BCUT2D eigenvalue weighted by Gasteiger charge is 2.50. The van der Waals surface area contributed by atoms with Crippen LogP contribution < -0.4 is 10.1 Å². The highest BCUT2D eigenvalue weighted by Crippen LogP contribution is 2.55. The lowest BCUT2D eigenvalue weighted by Gasteiger charge is -2.38. The fourth-order valence-corrected chi connectivity index (χ4v) is 7.92. The zero-order chi connectivity index (χ0) is 43.7. The molecule has 0 radical (unpaired) electrons. The molecule has 6 rings (SSSR count). The molecule has 5 bridgehead atoms. The molecule has 2 aromatic carbocycles. The lowest BCUT2D eigenvalue weighted by atomic mass is 9.78. The van der Waals surface area contributed by atoms with E-state index in [1.165, 1.54) is 59.4 Å². The monoisotopic (exact) mass is 822 g/mol. The van der Waals surface area contributed by atoms with E-state index >= 15 is 0 Å². The summed E-state index contributed by atoms with van der Waals surface area (Å²) in [6.45, 7) is 15.1. The second-order valence-corrected chi connectivity index (χ2v) is 16.1. The van der Waals surface area contributed by atoms with E-state index in [0.29, 0.717) is 13.1 Å². The molecular weight excluding hydrogens is 764 g/mol. The molecule has 6 N–H and O–H groups in total. The Bertz CT molecular complexity index is 2070. The average Bonchev–Trinajstić information content (AvgIpc) is 3.46. The fraction of sp³-hybridized carbons (Fsp3) is 0.535. The first kappa shape index (κ1) is 44.9. The van der Waals surface area contributed by atoms with Gasteiger partial charge in [0.1, 0.15) is 23.4 Å². The van der Waals surface area contributed by atoms with Gasteiger partial charge in [0.2, 0.25) is 0 Å². The maximum Gasteiger partial charge on any atom is 0.312 e. The number of allylic oxidation sites excluding steroid dienone is 2. The second kappa shape index (κ2) is 18.0. The molecule has 1 fully saturated rings. The van der Waals surface area contributed by atoms with Crippen LogP contribution in [-0.4, -0.2) is 130 Å². The Kier molecular flexibility index (Phi) is 13.7. The van der Waals surface area contributed by atoms with Gasteiger partial charge in [-0.15, -0.1) is 0 Å². The number of methoxy groups -OCH3 is 1. The summed E-state index contributed by atoms with van der Waals surface area (Å²) >= 11 is 0. The van der Waals surface area contributed by atoms with E-state index in [9.17, 15) is 39.9 Å². The van der Waals surface area contributed by atoms with Crippen LogP contribution in [0.1, 0.15) is 70.0 Å². The van der Waals surface area contributed by atoms with Crippen LogP contribution in [0.3, 0.4) is 0 Å². The number of Topliss-reactive ketones (excluding diaryl/α,β-unsaturated/α-hetero) is 1. The Morgan fingerprint density at radius 3 is 2.24 bits per heavy atom. The van der Waals surface area contributed by atoms with E-state index in [-0.39, 0.29) is 44.5 Å². The summed E-state index contributed by atoms with van der Waals surface area (Å²) in [5.74, 6) is -8.34. The van der Waals surface area contributed by atoms with E-state index < -0.39 is 88.8 Å². The lowest BCUT2D eigenvalue weighted by molar-refractivity contribution is -0.160. The van der Waals surface area contributed by atoms with Crippen molar-refractivity contribution in [2.24, 2.45) is 28.8 Å². The number of nitrogens with one attached hydrogen (secondary N) is 1. The van der Waals surface area contributed by atoms with Gasteiger partial charge in [-0.3, -0.25) is 19.4 Å². The molecule has 0 saturated carbocycles. The maximum atomic E-state index is 14.4. The number of benzene rings is 2. The molecule has 0 aliphatic carbocycles. The number of ether oxygens (including phenoxy) is 4. The average molecular weight is 823 g/mol. The largest absolute Gasteiger partial charge is 0.507 e. The zero-order valence-corrected chi connectivity index (χ0v) is 35.3. The number of aromatic hydroxyl groups is 3. The van der Waals surface area contributed by atoms with Crippen molar-refractivity contribution >= 4 is 40.3 Å². The normalized spacial score (nSPS) is 32.1. The van der Waals surface area contributed by atoms with E-state index in [1.807, 2.05) is 7.05 Å². The molecule has 4 heterocycles. The lowest BCUT2D eigenvalue weighted by Crippen LogP contribution is -2.46. The van der Waals surface area contributed by atoms with Crippen molar-refractivity contribution in [3.8, 4) is 23.0 Å². The van der Waals surface area contributed by atoms with Crippen molar-refractivity contribution in [3.63, 3.8) is 0 Å². The Morgan fingerprint density at radius 1 is 0.949 bits per heavy atom. The van der Waals surface area contributed by atoms with Crippen molar-refractivity contribution in [1.82, 2.24) is 9.91 Å². The second-order valence-electron chi connectivity index (χ2n) is 16.1. The van der Waals surface area contributed by atoms with Crippen LogP contribution >= 0.6 is 0 Å².